The molecule has 0 bridgehead atoms. The molecule has 3 heteroatoms. The average Bonchev–Trinajstić information content (AvgIpc) is 2.65. The zero-order valence-corrected chi connectivity index (χ0v) is 9.73. The predicted molar refractivity (Wildman–Crippen MR) is 61.7 cm³/mol. The Balaban J connectivity index is 2.24. The number of rotatable bonds is 6. The van der Waals surface area contributed by atoms with Gasteiger partial charge in [0.25, 0.3) is 0 Å². The van der Waals surface area contributed by atoms with Crippen molar-refractivity contribution in [3.63, 3.8) is 0 Å². The zero-order valence-electron chi connectivity index (χ0n) is 8.92. The fraction of sp³-hybridized carbons (Fsp3) is 0.636. The summed E-state index contributed by atoms with van der Waals surface area (Å²) in [4.78, 5) is 2.78. The highest BCUT2D eigenvalue weighted by Gasteiger charge is 2.01. The molecule has 0 aliphatic rings. The van der Waals surface area contributed by atoms with Gasteiger partial charge in [0.05, 0.1) is 6.10 Å². The Hall–Kier alpha value is -0.380. The molecule has 0 saturated heterocycles. The van der Waals surface area contributed by atoms with Crippen molar-refractivity contribution in [2.45, 2.75) is 39.3 Å². The Morgan fingerprint density at radius 2 is 2.07 bits per heavy atom. The number of thiophene rings is 1. The lowest BCUT2D eigenvalue weighted by atomic mass is 10.3. The molecule has 2 nitrogen and oxygen atoms in total. The molecule has 0 aliphatic heterocycles. The summed E-state index contributed by atoms with van der Waals surface area (Å²) < 4.78 is 0. The van der Waals surface area contributed by atoms with Crippen LogP contribution in [0.15, 0.2) is 12.1 Å². The van der Waals surface area contributed by atoms with Crippen LogP contribution in [0.4, 0.5) is 0 Å². The van der Waals surface area contributed by atoms with Crippen molar-refractivity contribution in [1.29, 1.82) is 0 Å². The van der Waals surface area contributed by atoms with Gasteiger partial charge in [0.2, 0.25) is 0 Å². The van der Waals surface area contributed by atoms with Gasteiger partial charge in [-0.05, 0) is 25.0 Å². The number of hydrogen-bond donors (Lipinski definition) is 2. The summed E-state index contributed by atoms with van der Waals surface area (Å²) in [7, 11) is 0. The second-order valence-electron chi connectivity index (χ2n) is 3.41. The highest BCUT2D eigenvalue weighted by atomic mass is 32.1. The summed E-state index contributed by atoms with van der Waals surface area (Å²) >= 11 is 1.85. The van der Waals surface area contributed by atoms with Gasteiger partial charge in [-0.25, -0.2) is 0 Å². The van der Waals surface area contributed by atoms with Crippen LogP contribution in [0.5, 0.6) is 0 Å². The second-order valence-corrected chi connectivity index (χ2v) is 4.67. The molecule has 14 heavy (non-hydrogen) atoms. The molecule has 0 fully saturated rings. The van der Waals surface area contributed by atoms with Gasteiger partial charge in [0.15, 0.2) is 0 Å². The normalized spacial score (nSPS) is 13.1. The van der Waals surface area contributed by atoms with Gasteiger partial charge in [-0.1, -0.05) is 13.8 Å². The van der Waals surface area contributed by atoms with Gasteiger partial charge < -0.3 is 10.4 Å². The Labute approximate surface area is 90.0 Å². The molecular weight excluding hydrogens is 194 g/mol. The molecule has 1 heterocycles. The van der Waals surface area contributed by atoms with Crippen LogP contribution in [0.3, 0.4) is 0 Å². The first-order chi connectivity index (χ1) is 6.76. The van der Waals surface area contributed by atoms with Crippen LogP contribution in [0, 0.1) is 0 Å². The van der Waals surface area contributed by atoms with E-state index in [2.05, 4.69) is 24.4 Å². The van der Waals surface area contributed by atoms with Crippen LogP contribution in [0.25, 0.3) is 0 Å². The highest BCUT2D eigenvalue weighted by Crippen LogP contribution is 2.16. The predicted octanol–water partition coefficient (Wildman–Crippen LogP) is 2.17. The van der Waals surface area contributed by atoms with Gasteiger partial charge in [0, 0.05) is 22.8 Å². The quantitative estimate of drug-likeness (QED) is 0.759. The number of aryl methyl sites for hydroxylation is 1. The van der Waals surface area contributed by atoms with E-state index in [1.807, 2.05) is 18.3 Å². The summed E-state index contributed by atoms with van der Waals surface area (Å²) in [5, 5.41) is 12.6. The summed E-state index contributed by atoms with van der Waals surface area (Å²) in [6.07, 6.45) is 1.72. The summed E-state index contributed by atoms with van der Waals surface area (Å²) in [6.45, 7) is 5.73. The minimum Gasteiger partial charge on any atom is -0.392 e. The van der Waals surface area contributed by atoms with Crippen LogP contribution in [0.2, 0.25) is 0 Å². The standard InChI is InChI=1S/C11H19NOS/c1-3-9(13)7-12-8-11-6-5-10(4-2)14-11/h5-6,9,12-13H,3-4,7-8H2,1-2H3. The Bertz CT molecular complexity index is 260. The Morgan fingerprint density at radius 3 is 2.64 bits per heavy atom. The van der Waals surface area contributed by atoms with E-state index in [1.165, 1.54) is 9.75 Å². The number of aliphatic hydroxyl groups excluding tert-OH is 1. The molecule has 0 aliphatic carbocycles. The SMILES string of the molecule is CCc1ccc(CNCC(O)CC)s1. The van der Waals surface area contributed by atoms with Crippen molar-refractivity contribution in [3.05, 3.63) is 21.9 Å². The number of nitrogens with one attached hydrogen (secondary N) is 1. The maximum absolute atomic E-state index is 9.33. The summed E-state index contributed by atoms with van der Waals surface area (Å²) in [5.74, 6) is 0. The van der Waals surface area contributed by atoms with E-state index in [0.717, 1.165) is 19.4 Å². The fourth-order valence-corrected chi connectivity index (χ4v) is 2.14. The number of hydrogen-bond acceptors (Lipinski definition) is 3. The molecule has 0 amide bonds. The maximum Gasteiger partial charge on any atom is 0.0662 e. The largest absolute Gasteiger partial charge is 0.392 e. The molecule has 2 N–H and O–H groups in total. The fourth-order valence-electron chi connectivity index (χ4n) is 1.21. The Morgan fingerprint density at radius 1 is 1.36 bits per heavy atom. The summed E-state index contributed by atoms with van der Waals surface area (Å²) in [6, 6.07) is 4.34. The lowest BCUT2D eigenvalue weighted by Crippen LogP contribution is -2.25. The minimum absolute atomic E-state index is 0.208. The van der Waals surface area contributed by atoms with E-state index in [9.17, 15) is 5.11 Å². The van der Waals surface area contributed by atoms with Crippen LogP contribution in [-0.2, 0) is 13.0 Å². The van der Waals surface area contributed by atoms with Crippen LogP contribution in [-0.4, -0.2) is 17.8 Å². The third-order valence-corrected chi connectivity index (χ3v) is 3.45. The van der Waals surface area contributed by atoms with Crippen LogP contribution in [0.1, 0.15) is 30.0 Å². The van der Waals surface area contributed by atoms with E-state index in [4.69, 9.17) is 0 Å². The molecular formula is C11H19NOS. The van der Waals surface area contributed by atoms with E-state index in [1.54, 1.807) is 0 Å². The van der Waals surface area contributed by atoms with Gasteiger partial charge in [-0.15, -0.1) is 11.3 Å². The molecule has 1 aromatic heterocycles. The van der Waals surface area contributed by atoms with Crippen molar-refractivity contribution in [1.82, 2.24) is 5.32 Å². The van der Waals surface area contributed by atoms with Crippen molar-refractivity contribution in [3.8, 4) is 0 Å². The smallest absolute Gasteiger partial charge is 0.0662 e. The van der Waals surface area contributed by atoms with Crippen LogP contribution < -0.4 is 5.32 Å². The van der Waals surface area contributed by atoms with Crippen molar-refractivity contribution >= 4 is 11.3 Å². The molecule has 1 atom stereocenters. The van der Waals surface area contributed by atoms with Gasteiger partial charge in [-0.2, -0.15) is 0 Å². The molecule has 0 aromatic carbocycles. The Kier molecular flexibility index (Phi) is 5.15. The molecule has 0 saturated carbocycles. The second kappa shape index (κ2) is 6.17. The molecule has 0 spiro atoms. The minimum atomic E-state index is -0.208. The van der Waals surface area contributed by atoms with E-state index in [0.29, 0.717) is 6.54 Å². The monoisotopic (exact) mass is 213 g/mol. The van der Waals surface area contributed by atoms with Gasteiger partial charge >= 0.3 is 0 Å². The molecule has 80 valence electrons. The van der Waals surface area contributed by atoms with Gasteiger partial charge in [-0.3, -0.25) is 0 Å². The van der Waals surface area contributed by atoms with Gasteiger partial charge in [0.1, 0.15) is 0 Å². The molecule has 1 unspecified atom stereocenters. The van der Waals surface area contributed by atoms with E-state index in [-0.39, 0.29) is 6.10 Å². The summed E-state index contributed by atoms with van der Waals surface area (Å²) in [5.41, 5.74) is 0. The van der Waals surface area contributed by atoms with Crippen molar-refractivity contribution < 1.29 is 5.11 Å². The maximum atomic E-state index is 9.33. The highest BCUT2D eigenvalue weighted by molar-refractivity contribution is 7.11. The first-order valence-electron chi connectivity index (χ1n) is 5.22. The van der Waals surface area contributed by atoms with Crippen LogP contribution >= 0.6 is 11.3 Å². The third-order valence-electron chi connectivity index (χ3n) is 2.22. The average molecular weight is 213 g/mol. The zero-order chi connectivity index (χ0) is 10.4. The molecule has 1 rings (SSSR count). The van der Waals surface area contributed by atoms with Crippen molar-refractivity contribution in [2.75, 3.05) is 6.54 Å². The van der Waals surface area contributed by atoms with Crippen molar-refractivity contribution in [2.24, 2.45) is 0 Å². The van der Waals surface area contributed by atoms with E-state index >= 15 is 0 Å². The topological polar surface area (TPSA) is 32.3 Å². The third kappa shape index (κ3) is 3.78. The number of aliphatic hydroxyl groups is 1. The molecule has 1 aromatic rings. The molecule has 0 radical (unpaired) electrons. The first-order valence-corrected chi connectivity index (χ1v) is 6.04. The van der Waals surface area contributed by atoms with E-state index < -0.39 is 0 Å². The lowest BCUT2D eigenvalue weighted by Gasteiger charge is -2.07. The lowest BCUT2D eigenvalue weighted by molar-refractivity contribution is 0.167. The first kappa shape index (κ1) is 11.7.